The molecule has 0 radical (unpaired) electrons. The second-order valence-electron chi connectivity index (χ2n) is 3.92. The molecule has 1 atom stereocenters. The molecule has 0 aliphatic heterocycles. The first-order valence-electron chi connectivity index (χ1n) is 5.20. The summed E-state index contributed by atoms with van der Waals surface area (Å²) in [4.78, 5) is 0. The maximum Gasteiger partial charge on any atom is 0.126 e. The Morgan fingerprint density at radius 2 is 1.94 bits per heavy atom. The van der Waals surface area contributed by atoms with Gasteiger partial charge in [0.05, 0.1) is 18.8 Å². The molecule has 5 heteroatoms. The molecule has 0 amide bonds. The van der Waals surface area contributed by atoms with Crippen molar-refractivity contribution in [2.24, 2.45) is 0 Å². The van der Waals surface area contributed by atoms with Crippen molar-refractivity contribution in [3.8, 4) is 0 Å². The minimum absolute atomic E-state index is 0.265. The van der Waals surface area contributed by atoms with Gasteiger partial charge >= 0.3 is 0 Å². The Kier molecular flexibility index (Phi) is 3.19. The Morgan fingerprint density at radius 3 is 2.47 bits per heavy atom. The molecule has 0 bridgehead atoms. The minimum Gasteiger partial charge on any atom is -0.389 e. The van der Waals surface area contributed by atoms with Crippen molar-refractivity contribution in [1.82, 2.24) is 9.78 Å². The van der Waals surface area contributed by atoms with Crippen LogP contribution in [0.5, 0.6) is 0 Å². The normalized spacial score (nSPS) is 12.7. The lowest BCUT2D eigenvalue weighted by atomic mass is 10.2. The van der Waals surface area contributed by atoms with Crippen molar-refractivity contribution >= 4 is 0 Å². The first-order valence-corrected chi connectivity index (χ1v) is 5.20. The predicted molar refractivity (Wildman–Crippen MR) is 58.3 cm³/mol. The van der Waals surface area contributed by atoms with E-state index in [2.05, 4.69) is 5.10 Å². The first kappa shape index (κ1) is 11.7. The number of halogens is 2. The lowest BCUT2D eigenvalue weighted by Crippen LogP contribution is -2.01. The Balaban J connectivity index is 2.19. The molecule has 0 fully saturated rings. The van der Waals surface area contributed by atoms with E-state index in [1.165, 1.54) is 23.0 Å². The topological polar surface area (TPSA) is 38.1 Å². The maximum absolute atomic E-state index is 13.0. The molecule has 0 spiro atoms. The van der Waals surface area contributed by atoms with Crippen LogP contribution in [0.15, 0.2) is 30.6 Å². The van der Waals surface area contributed by atoms with Crippen molar-refractivity contribution in [3.63, 3.8) is 0 Å². The molecule has 0 aliphatic rings. The molecule has 17 heavy (non-hydrogen) atoms. The standard InChI is InChI=1S/C12H12F2N2O/c1-8(17)10-5-15-16(7-10)6-9-2-11(13)4-12(14)3-9/h2-5,7-8,17H,6H2,1H3. The van der Waals surface area contributed by atoms with Gasteiger partial charge in [-0.1, -0.05) is 0 Å². The molecule has 2 rings (SSSR count). The zero-order chi connectivity index (χ0) is 12.4. The second kappa shape index (κ2) is 4.63. The van der Waals surface area contributed by atoms with Crippen LogP contribution in [0.25, 0.3) is 0 Å². The second-order valence-corrected chi connectivity index (χ2v) is 3.92. The van der Waals surface area contributed by atoms with Crippen LogP contribution in [0.3, 0.4) is 0 Å². The molecule has 90 valence electrons. The molecule has 1 N–H and O–H groups in total. The molecule has 2 aromatic rings. The van der Waals surface area contributed by atoms with Gasteiger partial charge in [0, 0.05) is 17.8 Å². The number of aliphatic hydroxyl groups is 1. The van der Waals surface area contributed by atoms with E-state index in [-0.39, 0.29) is 6.54 Å². The Bertz CT molecular complexity index is 503. The summed E-state index contributed by atoms with van der Waals surface area (Å²) >= 11 is 0. The van der Waals surface area contributed by atoms with Gasteiger partial charge in [-0.05, 0) is 24.6 Å². The minimum atomic E-state index is -0.608. The van der Waals surface area contributed by atoms with E-state index in [4.69, 9.17) is 0 Å². The predicted octanol–water partition coefficient (Wildman–Crippen LogP) is 2.26. The monoisotopic (exact) mass is 238 g/mol. The molecule has 1 heterocycles. The Hall–Kier alpha value is -1.75. The highest BCUT2D eigenvalue weighted by atomic mass is 19.1. The molecular weight excluding hydrogens is 226 g/mol. The first-order chi connectivity index (χ1) is 8.04. The lowest BCUT2D eigenvalue weighted by molar-refractivity contribution is 0.199. The van der Waals surface area contributed by atoms with Gasteiger partial charge in [0.25, 0.3) is 0 Å². The zero-order valence-electron chi connectivity index (χ0n) is 9.27. The van der Waals surface area contributed by atoms with Gasteiger partial charge in [0.15, 0.2) is 0 Å². The lowest BCUT2D eigenvalue weighted by Gasteiger charge is -2.03. The van der Waals surface area contributed by atoms with E-state index in [0.717, 1.165) is 6.07 Å². The average Bonchev–Trinajstić information content (AvgIpc) is 2.64. The molecule has 1 aromatic heterocycles. The largest absolute Gasteiger partial charge is 0.389 e. The number of rotatable bonds is 3. The Morgan fingerprint density at radius 1 is 1.29 bits per heavy atom. The summed E-state index contributed by atoms with van der Waals surface area (Å²) < 4.78 is 27.4. The summed E-state index contributed by atoms with van der Waals surface area (Å²) in [5.41, 5.74) is 1.16. The van der Waals surface area contributed by atoms with E-state index < -0.39 is 17.7 Å². The van der Waals surface area contributed by atoms with Crippen molar-refractivity contribution < 1.29 is 13.9 Å². The van der Waals surface area contributed by atoms with E-state index >= 15 is 0 Å². The quantitative estimate of drug-likeness (QED) is 0.890. The summed E-state index contributed by atoms with van der Waals surface area (Å²) in [6.07, 6.45) is 2.57. The number of benzene rings is 1. The number of aromatic nitrogens is 2. The van der Waals surface area contributed by atoms with Gasteiger partial charge in [0.1, 0.15) is 11.6 Å². The summed E-state index contributed by atoms with van der Waals surface area (Å²) in [5, 5.41) is 13.3. The van der Waals surface area contributed by atoms with Crippen molar-refractivity contribution in [1.29, 1.82) is 0 Å². The molecule has 0 aliphatic carbocycles. The van der Waals surface area contributed by atoms with Crippen LogP contribution in [-0.2, 0) is 6.54 Å². The van der Waals surface area contributed by atoms with E-state index in [1.807, 2.05) is 0 Å². The highest BCUT2D eigenvalue weighted by molar-refractivity contribution is 5.18. The van der Waals surface area contributed by atoms with E-state index in [1.54, 1.807) is 13.1 Å². The Labute approximate surface area is 97.3 Å². The van der Waals surface area contributed by atoms with Crippen molar-refractivity contribution in [2.45, 2.75) is 19.6 Å². The molecule has 0 saturated heterocycles. The van der Waals surface area contributed by atoms with E-state index in [9.17, 15) is 13.9 Å². The van der Waals surface area contributed by atoms with Crippen LogP contribution in [0.4, 0.5) is 8.78 Å². The fourth-order valence-corrected chi connectivity index (χ4v) is 1.57. The van der Waals surface area contributed by atoms with Crippen LogP contribution in [0.2, 0.25) is 0 Å². The van der Waals surface area contributed by atoms with Crippen molar-refractivity contribution in [3.05, 3.63) is 53.4 Å². The maximum atomic E-state index is 13.0. The number of nitrogens with zero attached hydrogens (tertiary/aromatic N) is 2. The molecule has 3 nitrogen and oxygen atoms in total. The van der Waals surface area contributed by atoms with Gasteiger partial charge in [0.2, 0.25) is 0 Å². The van der Waals surface area contributed by atoms with Gasteiger partial charge in [-0.2, -0.15) is 5.10 Å². The SMILES string of the molecule is CC(O)c1cnn(Cc2cc(F)cc(F)c2)c1. The fraction of sp³-hybridized carbons (Fsp3) is 0.250. The smallest absolute Gasteiger partial charge is 0.126 e. The van der Waals surface area contributed by atoms with E-state index in [0.29, 0.717) is 11.1 Å². The van der Waals surface area contributed by atoms with Crippen LogP contribution >= 0.6 is 0 Å². The third-order valence-electron chi connectivity index (χ3n) is 2.40. The van der Waals surface area contributed by atoms with Gasteiger partial charge in [-0.25, -0.2) is 8.78 Å². The highest BCUT2D eigenvalue weighted by Gasteiger charge is 2.06. The fourth-order valence-electron chi connectivity index (χ4n) is 1.57. The summed E-state index contributed by atoms with van der Waals surface area (Å²) in [5.74, 6) is -1.22. The third-order valence-corrected chi connectivity index (χ3v) is 2.40. The number of hydrogen-bond acceptors (Lipinski definition) is 2. The zero-order valence-corrected chi connectivity index (χ0v) is 9.27. The summed E-state index contributed by atoms with van der Waals surface area (Å²) in [6.45, 7) is 1.89. The number of hydrogen-bond donors (Lipinski definition) is 1. The van der Waals surface area contributed by atoms with Gasteiger partial charge in [-0.3, -0.25) is 4.68 Å². The molecule has 1 unspecified atom stereocenters. The van der Waals surface area contributed by atoms with Gasteiger partial charge in [-0.15, -0.1) is 0 Å². The van der Waals surface area contributed by atoms with Crippen LogP contribution < -0.4 is 0 Å². The molecular formula is C12H12F2N2O. The molecule has 1 aromatic carbocycles. The third kappa shape index (κ3) is 2.88. The summed E-state index contributed by atoms with van der Waals surface area (Å²) in [6, 6.07) is 3.34. The molecule has 0 saturated carbocycles. The van der Waals surface area contributed by atoms with Crippen LogP contribution in [-0.4, -0.2) is 14.9 Å². The van der Waals surface area contributed by atoms with Crippen LogP contribution in [0, 0.1) is 11.6 Å². The highest BCUT2D eigenvalue weighted by Crippen LogP contribution is 2.13. The van der Waals surface area contributed by atoms with Crippen LogP contribution in [0.1, 0.15) is 24.2 Å². The van der Waals surface area contributed by atoms with Gasteiger partial charge < -0.3 is 5.11 Å². The van der Waals surface area contributed by atoms with Crippen molar-refractivity contribution in [2.75, 3.05) is 0 Å². The average molecular weight is 238 g/mol. The number of aliphatic hydroxyl groups excluding tert-OH is 1. The summed E-state index contributed by atoms with van der Waals surface area (Å²) in [7, 11) is 0.